The molecule has 0 spiro atoms. The van der Waals surface area contributed by atoms with Gasteiger partial charge in [0.05, 0.1) is 37.9 Å². The highest BCUT2D eigenvalue weighted by Gasteiger charge is 2.29. The van der Waals surface area contributed by atoms with Crippen LogP contribution in [0.2, 0.25) is 0 Å². The van der Waals surface area contributed by atoms with Crippen LogP contribution in [0.1, 0.15) is 28.9 Å². The number of anilines is 1. The van der Waals surface area contributed by atoms with Crippen LogP contribution in [0.15, 0.2) is 59.7 Å². The number of nitrogens with one attached hydrogen (secondary N) is 1. The van der Waals surface area contributed by atoms with Crippen LogP contribution in [0.25, 0.3) is 16.6 Å². The Balaban J connectivity index is 1.32. The molecule has 6 rings (SSSR count). The largest absolute Gasteiger partial charge is 0.493 e. The minimum Gasteiger partial charge on any atom is -0.493 e. The predicted molar refractivity (Wildman–Crippen MR) is 157 cm³/mol. The van der Waals surface area contributed by atoms with Crippen molar-refractivity contribution in [2.24, 2.45) is 0 Å². The van der Waals surface area contributed by atoms with E-state index >= 15 is 0 Å². The van der Waals surface area contributed by atoms with Gasteiger partial charge < -0.3 is 24.3 Å². The SMILES string of the molecule is COc1cc2ncnc(Oc3ccc(NC(=O)c4c5n(n(-c6cc(F)ccc6F)c4=O)CCCC5)cc3OC)c2cc1OC. The van der Waals surface area contributed by atoms with Gasteiger partial charge in [0.15, 0.2) is 23.0 Å². The first-order valence-corrected chi connectivity index (χ1v) is 13.7. The zero-order valence-corrected chi connectivity index (χ0v) is 24.0. The molecule has 5 aromatic rings. The van der Waals surface area contributed by atoms with E-state index < -0.39 is 23.1 Å². The number of halogens is 2. The molecule has 1 N–H and O–H groups in total. The van der Waals surface area contributed by atoms with Crippen LogP contribution in [0.4, 0.5) is 14.5 Å². The average molecular weight is 604 g/mol. The highest BCUT2D eigenvalue weighted by molar-refractivity contribution is 6.05. The van der Waals surface area contributed by atoms with Crippen LogP contribution < -0.4 is 29.8 Å². The number of aromatic nitrogens is 4. The summed E-state index contributed by atoms with van der Waals surface area (Å²) < 4.78 is 53.7. The van der Waals surface area contributed by atoms with Crippen molar-refractivity contribution in [3.8, 4) is 34.6 Å². The second-order valence-corrected chi connectivity index (χ2v) is 9.94. The summed E-state index contributed by atoms with van der Waals surface area (Å²) in [6, 6.07) is 11.0. The molecule has 0 saturated carbocycles. The van der Waals surface area contributed by atoms with Crippen LogP contribution in [0.5, 0.6) is 28.9 Å². The number of carbonyl (C=O) groups excluding carboxylic acids is 1. The number of benzene rings is 3. The summed E-state index contributed by atoms with van der Waals surface area (Å²) in [4.78, 5) is 35.6. The topological polar surface area (TPSA) is 119 Å². The molecule has 44 heavy (non-hydrogen) atoms. The maximum Gasteiger partial charge on any atom is 0.284 e. The van der Waals surface area contributed by atoms with Crippen LogP contribution >= 0.6 is 0 Å². The van der Waals surface area contributed by atoms with Crippen LogP contribution in [-0.2, 0) is 13.0 Å². The fraction of sp³-hybridized carbons (Fsp3) is 0.226. The molecule has 0 saturated heterocycles. The maximum absolute atomic E-state index is 14.7. The molecule has 0 fully saturated rings. The molecule has 0 atom stereocenters. The van der Waals surface area contributed by atoms with E-state index in [1.165, 1.54) is 33.7 Å². The lowest BCUT2D eigenvalue weighted by Crippen LogP contribution is -2.26. The van der Waals surface area contributed by atoms with Crippen molar-refractivity contribution in [3.63, 3.8) is 0 Å². The van der Waals surface area contributed by atoms with Gasteiger partial charge in [0.1, 0.15) is 29.2 Å². The zero-order valence-electron chi connectivity index (χ0n) is 24.0. The van der Waals surface area contributed by atoms with Crippen LogP contribution in [0, 0.1) is 11.6 Å². The third kappa shape index (κ3) is 5.06. The smallest absolute Gasteiger partial charge is 0.284 e. The van der Waals surface area contributed by atoms with E-state index in [1.807, 2.05) is 0 Å². The van der Waals surface area contributed by atoms with E-state index in [0.29, 0.717) is 52.5 Å². The van der Waals surface area contributed by atoms with E-state index in [0.717, 1.165) is 35.7 Å². The van der Waals surface area contributed by atoms with Gasteiger partial charge in [-0.1, -0.05) is 0 Å². The van der Waals surface area contributed by atoms with Crippen molar-refractivity contribution in [3.05, 3.63) is 88.1 Å². The standard InChI is InChI=1S/C31H27F2N5O6/c1-41-25-13-18(8-10-24(25)44-30-19-14-26(42-2)27(43-3)15-21(19)34-16-35-30)36-29(39)28-22-6-4-5-11-37(22)38(31(28)40)23-12-17(32)7-9-20(23)33/h7-10,12-16H,4-6,11H2,1-3H3,(H,36,39). The number of amides is 1. The van der Waals surface area contributed by atoms with Gasteiger partial charge >= 0.3 is 0 Å². The summed E-state index contributed by atoms with van der Waals surface area (Å²) in [6.45, 7) is 0.379. The molecule has 1 aliphatic rings. The average Bonchev–Trinajstić information content (AvgIpc) is 3.33. The Kier molecular flexibility index (Phi) is 7.60. The fourth-order valence-electron chi connectivity index (χ4n) is 5.32. The quantitative estimate of drug-likeness (QED) is 0.255. The van der Waals surface area contributed by atoms with Gasteiger partial charge in [-0.25, -0.2) is 23.4 Å². The van der Waals surface area contributed by atoms with Gasteiger partial charge in [-0.05, 0) is 49.6 Å². The lowest BCUT2D eigenvalue weighted by Gasteiger charge is -2.19. The van der Waals surface area contributed by atoms with E-state index in [1.54, 1.807) is 28.9 Å². The maximum atomic E-state index is 14.7. The molecule has 0 aliphatic carbocycles. The Morgan fingerprint density at radius 2 is 1.64 bits per heavy atom. The number of methoxy groups -OCH3 is 3. The first kappa shape index (κ1) is 28.6. The summed E-state index contributed by atoms with van der Waals surface area (Å²) in [5.74, 6) is -0.393. The number of fused-ring (bicyclic) bond motifs is 2. The van der Waals surface area contributed by atoms with Gasteiger partial charge in [-0.15, -0.1) is 0 Å². The summed E-state index contributed by atoms with van der Waals surface area (Å²) in [6.07, 6.45) is 3.25. The molecule has 1 aliphatic heterocycles. The molecule has 0 bridgehead atoms. The first-order chi connectivity index (χ1) is 21.3. The molecule has 3 heterocycles. The van der Waals surface area contributed by atoms with E-state index in [4.69, 9.17) is 18.9 Å². The Morgan fingerprint density at radius 1 is 0.886 bits per heavy atom. The molecule has 2 aromatic heterocycles. The highest BCUT2D eigenvalue weighted by atomic mass is 19.1. The molecule has 0 unspecified atom stereocenters. The van der Waals surface area contributed by atoms with Gasteiger partial charge in [-0.2, -0.15) is 0 Å². The molecule has 0 radical (unpaired) electrons. The summed E-state index contributed by atoms with van der Waals surface area (Å²) in [5.41, 5.74) is 0.209. The Labute approximate surface area is 249 Å². The monoisotopic (exact) mass is 603 g/mol. The molecule has 3 aromatic carbocycles. The van der Waals surface area contributed by atoms with Gasteiger partial charge in [-0.3, -0.25) is 14.3 Å². The van der Waals surface area contributed by atoms with Crippen molar-refractivity contribution in [1.29, 1.82) is 0 Å². The number of hydrogen-bond donors (Lipinski definition) is 1. The third-order valence-corrected chi connectivity index (χ3v) is 7.38. The van der Waals surface area contributed by atoms with Crippen molar-refractivity contribution in [2.45, 2.75) is 25.8 Å². The molecule has 226 valence electrons. The molecular formula is C31H27F2N5O6. The number of rotatable bonds is 8. The molecule has 13 heteroatoms. The van der Waals surface area contributed by atoms with E-state index in [2.05, 4.69) is 15.3 Å². The summed E-state index contributed by atoms with van der Waals surface area (Å²) >= 11 is 0. The highest BCUT2D eigenvalue weighted by Crippen LogP contribution is 2.39. The summed E-state index contributed by atoms with van der Waals surface area (Å²) in [5, 5.41) is 3.30. The van der Waals surface area contributed by atoms with E-state index in [9.17, 15) is 18.4 Å². The van der Waals surface area contributed by atoms with E-state index in [-0.39, 0.29) is 22.9 Å². The fourth-order valence-corrected chi connectivity index (χ4v) is 5.32. The van der Waals surface area contributed by atoms with Crippen LogP contribution in [-0.4, -0.2) is 46.6 Å². The second kappa shape index (κ2) is 11.7. The molecule has 1 amide bonds. The van der Waals surface area contributed by atoms with Crippen molar-refractivity contribution >= 4 is 22.5 Å². The molecule has 11 nitrogen and oxygen atoms in total. The first-order valence-electron chi connectivity index (χ1n) is 13.7. The van der Waals surface area contributed by atoms with Crippen molar-refractivity contribution in [1.82, 2.24) is 19.3 Å². The Bertz CT molecular complexity index is 1970. The van der Waals surface area contributed by atoms with Crippen molar-refractivity contribution in [2.75, 3.05) is 26.6 Å². The number of hydrogen-bond acceptors (Lipinski definition) is 8. The normalized spacial score (nSPS) is 12.5. The van der Waals surface area contributed by atoms with Gasteiger partial charge in [0, 0.05) is 30.4 Å². The number of nitrogens with zero attached hydrogens (tertiary/aromatic N) is 4. The Morgan fingerprint density at radius 3 is 2.41 bits per heavy atom. The minimum absolute atomic E-state index is 0.135. The van der Waals surface area contributed by atoms with Gasteiger partial charge in [0.2, 0.25) is 5.88 Å². The number of ether oxygens (including phenoxy) is 4. The number of carbonyl (C=O) groups is 1. The van der Waals surface area contributed by atoms with Crippen molar-refractivity contribution < 1.29 is 32.5 Å². The lowest BCUT2D eigenvalue weighted by molar-refractivity contribution is 0.102. The summed E-state index contributed by atoms with van der Waals surface area (Å²) in [7, 11) is 4.48. The third-order valence-electron chi connectivity index (χ3n) is 7.38. The zero-order chi connectivity index (χ0) is 31.0. The minimum atomic E-state index is -0.777. The van der Waals surface area contributed by atoms with Gasteiger partial charge in [0.25, 0.3) is 11.5 Å². The predicted octanol–water partition coefficient (Wildman–Crippen LogP) is 5.27. The Hall–Kier alpha value is -5.46. The second-order valence-electron chi connectivity index (χ2n) is 9.94. The lowest BCUT2D eigenvalue weighted by atomic mass is 10.1. The van der Waals surface area contributed by atoms with Crippen LogP contribution in [0.3, 0.4) is 0 Å². The molecular weight excluding hydrogens is 576 g/mol.